The lowest BCUT2D eigenvalue weighted by Gasteiger charge is -2.46. The number of pyridine rings is 1. The molecule has 0 saturated heterocycles. The number of fused-ring (bicyclic) bond motifs is 3. The molecule has 0 radical (unpaired) electrons. The van der Waals surface area contributed by atoms with Crippen LogP contribution in [0.4, 0.5) is 5.82 Å². The Morgan fingerprint density at radius 3 is 2.20 bits per heavy atom. The van der Waals surface area contributed by atoms with Gasteiger partial charge in [0, 0.05) is 5.39 Å². The summed E-state index contributed by atoms with van der Waals surface area (Å²) in [5, 5.41) is 10.4. The predicted octanol–water partition coefficient (Wildman–Crippen LogP) is -4.78. The van der Waals surface area contributed by atoms with E-state index in [1.807, 2.05) is 40.0 Å². The minimum atomic E-state index is -0.947. The lowest BCUT2D eigenvalue weighted by atomic mass is 9.27. The highest BCUT2D eigenvalue weighted by Gasteiger charge is 2.41. The summed E-state index contributed by atoms with van der Waals surface area (Å²) in [6, 6.07) is 7.88. The van der Waals surface area contributed by atoms with Crippen molar-refractivity contribution in [3.8, 4) is 0 Å². The number of nitrogen functional groups attached to an aromatic ring is 1. The van der Waals surface area contributed by atoms with Gasteiger partial charge >= 0.3 is 0 Å². The van der Waals surface area contributed by atoms with Gasteiger partial charge in [-0.05, 0) is 25.3 Å². The number of anilines is 1. The SMILES string of the molecule is BC(B)(OC(B)(B)C(B)(B)B)c1nc2c(N)nc3ccccc3c2n1CC(C)(C)O. The third-order valence-electron chi connectivity index (χ3n) is 6.01. The van der Waals surface area contributed by atoms with Crippen LogP contribution < -0.4 is 5.73 Å². The fraction of sp³-hybridized carbons (Fsp3) is 0.412. The summed E-state index contributed by atoms with van der Waals surface area (Å²) in [5.74, 6) is 1.10. The summed E-state index contributed by atoms with van der Waals surface area (Å²) in [5.41, 5.74) is 7.69. The minimum absolute atomic E-state index is 0.0787. The number of imidazole rings is 1. The van der Waals surface area contributed by atoms with Crippen molar-refractivity contribution < 1.29 is 9.84 Å². The largest absolute Gasteiger partial charge is 0.398 e. The Morgan fingerprint density at radius 2 is 1.63 bits per heavy atom. The molecule has 13 heteroatoms. The summed E-state index contributed by atoms with van der Waals surface area (Å²) in [6.45, 7) is 3.94. The molecule has 150 valence electrons. The molecule has 0 aliphatic carbocycles. The van der Waals surface area contributed by atoms with Crippen molar-refractivity contribution in [1.29, 1.82) is 0 Å². The first-order chi connectivity index (χ1) is 13.5. The van der Waals surface area contributed by atoms with E-state index in [0.29, 0.717) is 17.9 Å². The fourth-order valence-electron chi connectivity index (χ4n) is 3.70. The summed E-state index contributed by atoms with van der Waals surface area (Å²) >= 11 is 0. The Morgan fingerprint density at radius 1 is 1.03 bits per heavy atom. The van der Waals surface area contributed by atoms with E-state index < -0.39 is 16.4 Å². The normalized spacial score (nSPS) is 13.8. The van der Waals surface area contributed by atoms with Crippen LogP contribution in [0.25, 0.3) is 21.9 Å². The van der Waals surface area contributed by atoms with Crippen LogP contribution in [-0.4, -0.2) is 85.6 Å². The molecule has 2 aromatic heterocycles. The lowest BCUT2D eigenvalue weighted by molar-refractivity contribution is 0.0133. The molecule has 0 spiro atoms. The molecule has 0 atom stereocenters. The Labute approximate surface area is 185 Å². The highest BCUT2D eigenvalue weighted by atomic mass is 16.5. The molecular formula is C17H29B7N4O2. The van der Waals surface area contributed by atoms with E-state index in [-0.39, 0.29) is 5.11 Å². The first kappa shape index (κ1) is 22.9. The summed E-state index contributed by atoms with van der Waals surface area (Å²) < 4.78 is 8.74. The molecule has 0 aliphatic heterocycles. The van der Waals surface area contributed by atoms with Crippen LogP contribution in [0, 0.1) is 0 Å². The van der Waals surface area contributed by atoms with Gasteiger partial charge in [-0.15, -0.1) is 0 Å². The number of nitrogens with zero attached hydrogens (tertiary/aromatic N) is 3. The second-order valence-corrected chi connectivity index (χ2v) is 10.9. The fourth-order valence-corrected chi connectivity index (χ4v) is 3.70. The number of hydrogen-bond donors (Lipinski definition) is 2. The van der Waals surface area contributed by atoms with E-state index in [4.69, 9.17) is 15.5 Å². The van der Waals surface area contributed by atoms with Crippen LogP contribution in [0.3, 0.4) is 0 Å². The third kappa shape index (κ3) is 4.19. The van der Waals surface area contributed by atoms with Gasteiger partial charge in [-0.25, -0.2) is 9.97 Å². The van der Waals surface area contributed by atoms with E-state index in [1.54, 1.807) is 13.8 Å². The average Bonchev–Trinajstić information content (AvgIpc) is 2.92. The first-order valence-corrected chi connectivity index (χ1v) is 10.5. The maximum Gasteiger partial charge on any atom is 0.152 e. The van der Waals surface area contributed by atoms with Gasteiger partial charge < -0.3 is 20.1 Å². The number of nitrogens with two attached hydrogens (primary N) is 1. The van der Waals surface area contributed by atoms with Crippen LogP contribution in [0.5, 0.6) is 0 Å². The molecule has 1 aromatic carbocycles. The van der Waals surface area contributed by atoms with Crippen molar-refractivity contribution in [2.45, 2.75) is 41.9 Å². The van der Waals surface area contributed by atoms with Crippen molar-refractivity contribution in [2.24, 2.45) is 0 Å². The molecule has 0 fully saturated rings. The summed E-state index contributed by atoms with van der Waals surface area (Å²) in [6.07, 6.45) is 0. The van der Waals surface area contributed by atoms with Crippen LogP contribution in [0.15, 0.2) is 24.3 Å². The number of ether oxygens (including phenoxy) is 1. The smallest absolute Gasteiger partial charge is 0.152 e. The van der Waals surface area contributed by atoms with Gasteiger partial charge in [0.25, 0.3) is 0 Å². The zero-order chi connectivity index (χ0) is 22.7. The summed E-state index contributed by atoms with van der Waals surface area (Å²) in [4.78, 5) is 9.47. The molecule has 0 aliphatic rings. The van der Waals surface area contributed by atoms with Crippen molar-refractivity contribution >= 4 is 82.7 Å². The van der Waals surface area contributed by atoms with E-state index in [1.165, 1.54) is 0 Å². The topological polar surface area (TPSA) is 86.2 Å². The van der Waals surface area contributed by atoms with Gasteiger partial charge in [-0.3, -0.25) is 0 Å². The zero-order valence-corrected chi connectivity index (χ0v) is 19.8. The Kier molecular flexibility index (Phi) is 5.48. The molecule has 3 N–H and O–H groups in total. The maximum atomic E-state index is 10.7. The highest BCUT2D eigenvalue weighted by molar-refractivity contribution is 6.67. The quantitative estimate of drug-likeness (QED) is 0.408. The molecule has 0 bridgehead atoms. The third-order valence-corrected chi connectivity index (χ3v) is 6.01. The Bertz CT molecular complexity index is 1100. The number of benzene rings is 1. The molecule has 6 nitrogen and oxygen atoms in total. The van der Waals surface area contributed by atoms with Crippen LogP contribution in [0.2, 0.25) is 5.11 Å². The molecule has 0 unspecified atom stereocenters. The van der Waals surface area contributed by atoms with Gasteiger partial charge in [0.1, 0.15) is 42.7 Å². The predicted molar refractivity (Wildman–Crippen MR) is 144 cm³/mol. The van der Waals surface area contributed by atoms with Crippen LogP contribution in [-0.2, 0) is 16.7 Å². The Hall–Kier alpha value is -1.73. The lowest BCUT2D eigenvalue weighted by Crippen LogP contribution is -2.54. The van der Waals surface area contributed by atoms with Gasteiger partial charge in [0.05, 0.1) is 52.1 Å². The number of aromatic nitrogens is 3. The second kappa shape index (κ2) is 7.16. The van der Waals surface area contributed by atoms with Crippen molar-refractivity contribution in [3.63, 3.8) is 0 Å². The average molecular weight is 397 g/mol. The number of para-hydroxylation sites is 1. The molecule has 30 heavy (non-hydrogen) atoms. The van der Waals surface area contributed by atoms with Gasteiger partial charge in [-0.1, -0.05) is 23.3 Å². The number of rotatable bonds is 6. The second-order valence-electron chi connectivity index (χ2n) is 10.9. The van der Waals surface area contributed by atoms with E-state index in [2.05, 4.69) is 48.8 Å². The molecular weight excluding hydrogens is 368 g/mol. The van der Waals surface area contributed by atoms with Crippen molar-refractivity contribution in [1.82, 2.24) is 14.5 Å². The number of hydrogen-bond acceptors (Lipinski definition) is 5. The van der Waals surface area contributed by atoms with Gasteiger partial charge in [0.2, 0.25) is 0 Å². The summed E-state index contributed by atoms with van der Waals surface area (Å²) in [7, 11) is 14.7. The van der Waals surface area contributed by atoms with Gasteiger partial charge in [-0.2, -0.15) is 0 Å². The molecule has 0 saturated carbocycles. The van der Waals surface area contributed by atoms with E-state index in [0.717, 1.165) is 22.2 Å². The van der Waals surface area contributed by atoms with Gasteiger partial charge in [0.15, 0.2) is 5.82 Å². The maximum absolute atomic E-state index is 10.7. The Balaban J connectivity index is 2.32. The molecule has 3 rings (SSSR count). The first-order valence-electron chi connectivity index (χ1n) is 10.5. The monoisotopic (exact) mass is 398 g/mol. The van der Waals surface area contributed by atoms with E-state index >= 15 is 0 Å². The van der Waals surface area contributed by atoms with Crippen LogP contribution >= 0.6 is 0 Å². The minimum Gasteiger partial charge on any atom is -0.398 e. The highest BCUT2D eigenvalue weighted by Crippen LogP contribution is 2.36. The molecule has 0 amide bonds. The van der Waals surface area contributed by atoms with Crippen LogP contribution in [0.1, 0.15) is 19.7 Å². The zero-order valence-electron chi connectivity index (χ0n) is 19.8. The molecule has 2 heterocycles. The standard InChI is InChI=1S/C17H29B7N4O2/c1-14(2,29)7-28-11-8-5-3-4-6-9(8)26-12(25)10(11)27-13(28)15(18,19)30-17(23,24)16(20,21)22/h3-6,29H,7,18-24H2,1-2H3,(H2,25,26). The molecule has 3 aromatic rings. The number of aliphatic hydroxyl groups is 1. The van der Waals surface area contributed by atoms with Crippen molar-refractivity contribution in [2.75, 3.05) is 5.73 Å². The van der Waals surface area contributed by atoms with E-state index in [9.17, 15) is 5.11 Å². The van der Waals surface area contributed by atoms with Crippen molar-refractivity contribution in [3.05, 3.63) is 30.1 Å².